The van der Waals surface area contributed by atoms with Crippen LogP contribution in [0.3, 0.4) is 0 Å². The number of nitrogens with one attached hydrogen (secondary N) is 2. The molecule has 8 aromatic rings. The lowest BCUT2D eigenvalue weighted by Gasteiger charge is -2.14. The number of nitrogen functional groups attached to an aromatic ring is 2. The lowest BCUT2D eigenvalue weighted by Crippen LogP contribution is -2.02. The number of rotatable bonds is 29. The van der Waals surface area contributed by atoms with Gasteiger partial charge in [0.1, 0.15) is 49.4 Å². The Morgan fingerprint density at radius 3 is 0.970 bits per heavy atom. The maximum atomic E-state index is 10.7. The van der Waals surface area contributed by atoms with Gasteiger partial charge in [-0.25, -0.2) is 0 Å². The first-order valence-corrected chi connectivity index (χ1v) is 38.1. The van der Waals surface area contributed by atoms with Crippen LogP contribution in [0.1, 0.15) is 114 Å². The standard InChI is InChI=1S/C19H21Br2NO3.C18H18Br2ClNO3.2C17H17Br2NO3.C3H6O2/c1-3-22-15-7-12(2)6-14(8-15)11-25-19-16(20)9-13(10-17(19)21)4-5-18(23)24;1-2-22-14-6-12(5-13(21)9-14)10-25-18-15(19)7-11(8-16(18)20)3-4-17(23)24;1-10-4-12(6-13(20)5-10)9-23-17-14(18)7-11(8-15(17)19)2-3-16(21)22;1-10-2-3-12(8-15(10)20)9-23-17-13(18)6-11(7-14(17)19)4-5-16(21)22;1-2-3(4)5/h6-10,22H,3-5,11H2,1-2H3,(H,23,24);5-9,22H,2-4,10H2,1H3,(H,23,24);4-8H,2-3,9,20H2,1H3,(H,21,22);2-3,6-8H,4-5,9,20H2,1H3,(H,21,22);2H2,1H3,(H,4,5). The molecule has 8 rings (SSSR count). The van der Waals surface area contributed by atoms with Crippen molar-refractivity contribution in [3.63, 3.8) is 0 Å². The molecule has 0 aliphatic heterocycles. The highest BCUT2D eigenvalue weighted by molar-refractivity contribution is 9.12. The van der Waals surface area contributed by atoms with Crippen molar-refractivity contribution in [2.75, 3.05) is 35.2 Å². The van der Waals surface area contributed by atoms with Crippen molar-refractivity contribution in [3.8, 4) is 23.0 Å². The van der Waals surface area contributed by atoms with E-state index in [0.29, 0.717) is 85.8 Å². The predicted octanol–water partition coefficient (Wildman–Crippen LogP) is 21.3. The Morgan fingerprint density at radius 1 is 0.376 bits per heavy atom. The van der Waals surface area contributed by atoms with Gasteiger partial charge in [-0.2, -0.15) is 0 Å². The molecule has 0 heterocycles. The summed E-state index contributed by atoms with van der Waals surface area (Å²) in [6, 6.07) is 38.8. The highest BCUT2D eigenvalue weighted by atomic mass is 79.9. The molecule has 0 aliphatic rings. The minimum Gasteiger partial charge on any atom is -0.487 e. The summed E-state index contributed by atoms with van der Waals surface area (Å²) in [5, 5.41) is 50.1. The molecule has 0 spiro atoms. The minimum absolute atomic E-state index is 0.0921. The van der Waals surface area contributed by atoms with Crippen LogP contribution in [-0.4, -0.2) is 68.5 Å². The zero-order valence-corrected chi connectivity index (χ0v) is 69.6. The Hall–Kier alpha value is -6.36. The fourth-order valence-corrected chi connectivity index (χ4v) is 15.6. The van der Waals surface area contributed by atoms with Crippen LogP contribution in [0, 0.1) is 20.8 Å². The molecule has 0 saturated carbocycles. The number of carboxylic acids is 5. The van der Waals surface area contributed by atoms with E-state index in [2.05, 4.69) is 170 Å². The topological polar surface area (TPSA) is 300 Å². The van der Waals surface area contributed by atoms with Gasteiger partial charge in [-0.15, -0.1) is 0 Å². The lowest BCUT2D eigenvalue weighted by atomic mass is 10.1. The van der Waals surface area contributed by atoms with E-state index in [0.717, 1.165) is 122 Å². The second kappa shape index (κ2) is 45.0. The lowest BCUT2D eigenvalue weighted by molar-refractivity contribution is -0.138. The van der Waals surface area contributed by atoms with Gasteiger partial charge in [-0.05, 0) is 346 Å². The van der Waals surface area contributed by atoms with Crippen molar-refractivity contribution in [2.24, 2.45) is 0 Å². The zero-order valence-electron chi connectivity index (χ0n) is 56.1. The number of benzene rings is 8. The number of nitrogens with two attached hydrogens (primary N) is 2. The number of anilines is 4. The van der Waals surface area contributed by atoms with Gasteiger partial charge in [-0.1, -0.05) is 42.8 Å². The highest BCUT2D eigenvalue weighted by Gasteiger charge is 2.16. The van der Waals surface area contributed by atoms with Gasteiger partial charge in [-0.3, -0.25) is 24.0 Å². The Balaban J connectivity index is 0.000000279. The molecule has 11 N–H and O–H groups in total. The Morgan fingerprint density at radius 2 is 0.673 bits per heavy atom. The van der Waals surface area contributed by atoms with E-state index in [-0.39, 0.29) is 32.1 Å². The average molecular weight is 1920 g/mol. The van der Waals surface area contributed by atoms with Crippen molar-refractivity contribution >= 4 is 192 Å². The van der Waals surface area contributed by atoms with Gasteiger partial charge < -0.3 is 66.6 Å². The number of ether oxygens (including phenoxy) is 4. The molecule has 0 saturated heterocycles. The summed E-state index contributed by atoms with van der Waals surface area (Å²) in [5.74, 6) is -1.23. The molecular formula is C74H79Br8ClN4O14. The van der Waals surface area contributed by atoms with Crippen molar-refractivity contribution in [1.82, 2.24) is 0 Å². The molecule has 27 heteroatoms. The quantitative estimate of drug-likeness (QED) is 0.0197. The molecule has 18 nitrogen and oxygen atoms in total. The van der Waals surface area contributed by atoms with Crippen molar-refractivity contribution < 1.29 is 68.5 Å². The number of aliphatic carboxylic acids is 5. The number of halogens is 9. The third-order valence-electron chi connectivity index (χ3n) is 13.9. The monoisotopic (exact) mass is 1910 g/mol. The smallest absolute Gasteiger partial charge is 0.303 e. The van der Waals surface area contributed by atoms with E-state index >= 15 is 0 Å². The van der Waals surface area contributed by atoms with Gasteiger partial charge in [0.05, 0.1) is 35.8 Å². The predicted molar refractivity (Wildman–Crippen MR) is 429 cm³/mol. The van der Waals surface area contributed by atoms with E-state index in [9.17, 15) is 24.0 Å². The van der Waals surface area contributed by atoms with Crippen LogP contribution in [0.15, 0.2) is 157 Å². The number of hydrogen-bond acceptors (Lipinski definition) is 13. The molecule has 542 valence electrons. The molecule has 0 amide bonds. The maximum absolute atomic E-state index is 10.7. The summed E-state index contributed by atoms with van der Waals surface area (Å²) in [6.07, 6.45) is 2.51. The number of aryl methyl sites for hydroxylation is 7. The van der Waals surface area contributed by atoms with Crippen molar-refractivity contribution in [1.29, 1.82) is 0 Å². The molecule has 0 bridgehead atoms. The van der Waals surface area contributed by atoms with E-state index in [1.165, 1.54) is 5.56 Å². The molecule has 0 atom stereocenters. The first-order chi connectivity index (χ1) is 47.7. The van der Waals surface area contributed by atoms with Crippen LogP contribution < -0.4 is 41.0 Å². The largest absolute Gasteiger partial charge is 0.487 e. The van der Waals surface area contributed by atoms with Gasteiger partial charge in [0.2, 0.25) is 0 Å². The van der Waals surface area contributed by atoms with E-state index in [4.69, 9.17) is 67.5 Å². The fourth-order valence-electron chi connectivity index (χ4n) is 9.25. The second-order valence-electron chi connectivity index (χ2n) is 22.6. The zero-order chi connectivity index (χ0) is 75.0. The molecule has 0 unspecified atom stereocenters. The van der Waals surface area contributed by atoms with Gasteiger partial charge in [0.15, 0.2) is 0 Å². The van der Waals surface area contributed by atoms with Crippen LogP contribution in [0.5, 0.6) is 23.0 Å². The van der Waals surface area contributed by atoms with Crippen LogP contribution in [0.2, 0.25) is 5.02 Å². The summed E-state index contributed by atoms with van der Waals surface area (Å²) in [4.78, 5) is 52.1. The van der Waals surface area contributed by atoms with Crippen LogP contribution in [-0.2, 0) is 76.1 Å². The molecule has 101 heavy (non-hydrogen) atoms. The first-order valence-electron chi connectivity index (χ1n) is 31.4. The summed E-state index contributed by atoms with van der Waals surface area (Å²) < 4.78 is 30.0. The number of hydrogen-bond donors (Lipinski definition) is 9. The SMILES string of the molecule is CCC(=O)O.CCNc1cc(C)cc(COc2c(Br)cc(CCC(=O)O)cc2Br)c1.CCNc1cc(Cl)cc(COc2c(Br)cc(CCC(=O)O)cc2Br)c1.Cc1cc(N)cc(COc2c(Br)cc(CCC(=O)O)cc2Br)c1.Cc1ccc(COc2c(Br)cc(CCC(=O)O)cc2Br)cc1N. The van der Waals surface area contributed by atoms with Crippen molar-refractivity contribution in [2.45, 2.75) is 126 Å². The first kappa shape index (κ1) is 87.0. The van der Waals surface area contributed by atoms with E-state index in [1.54, 1.807) is 6.92 Å². The highest BCUT2D eigenvalue weighted by Crippen LogP contribution is 2.40. The Bertz CT molecular complexity index is 3910. The summed E-state index contributed by atoms with van der Waals surface area (Å²) >= 11 is 34.1. The van der Waals surface area contributed by atoms with Crippen molar-refractivity contribution in [3.05, 3.63) is 223 Å². The minimum atomic E-state index is -0.815. The Kier molecular flexibility index (Phi) is 38.8. The van der Waals surface area contributed by atoms with Crippen LogP contribution in [0.25, 0.3) is 0 Å². The van der Waals surface area contributed by atoms with E-state index < -0.39 is 29.8 Å². The summed E-state index contributed by atoms with van der Waals surface area (Å²) in [5.41, 5.74) is 26.3. The normalized spacial score (nSPS) is 10.4. The van der Waals surface area contributed by atoms with Gasteiger partial charge in [0.25, 0.3) is 0 Å². The van der Waals surface area contributed by atoms with Crippen LogP contribution in [0.4, 0.5) is 22.7 Å². The molecule has 8 aromatic carbocycles. The summed E-state index contributed by atoms with van der Waals surface area (Å²) in [7, 11) is 0. The Labute approximate surface area is 661 Å². The van der Waals surface area contributed by atoms with E-state index in [1.807, 2.05) is 124 Å². The molecule has 0 aliphatic carbocycles. The third kappa shape index (κ3) is 32.9. The molecule has 0 fully saturated rings. The number of carbonyl (C=O) groups is 5. The summed E-state index contributed by atoms with van der Waals surface area (Å²) in [6.45, 7) is 15.0. The molecular weight excluding hydrogens is 1840 g/mol. The third-order valence-corrected chi connectivity index (χ3v) is 18.9. The number of carboxylic acid groups (broad SMARTS) is 5. The van der Waals surface area contributed by atoms with Gasteiger partial charge >= 0.3 is 29.8 Å². The average Bonchev–Trinajstić information content (AvgIpc) is 0.851. The molecule has 0 aromatic heterocycles. The second-order valence-corrected chi connectivity index (χ2v) is 29.9. The van der Waals surface area contributed by atoms with Crippen LogP contribution >= 0.6 is 139 Å². The molecule has 0 radical (unpaired) electrons. The maximum Gasteiger partial charge on any atom is 0.303 e. The fraction of sp³-hybridized carbons (Fsp3) is 0.284. The van der Waals surface area contributed by atoms with Gasteiger partial charge in [0, 0.05) is 73.0 Å².